The normalized spacial score (nSPS) is 10.9. The molecular weight excluding hydrogens is 443 g/mol. The minimum absolute atomic E-state index is 0.222. The Balaban J connectivity index is 1.51. The quantitative estimate of drug-likeness (QED) is 0.264. The summed E-state index contributed by atoms with van der Waals surface area (Å²) >= 11 is 0. The van der Waals surface area contributed by atoms with Gasteiger partial charge in [-0.25, -0.2) is 9.37 Å². The number of hydrogen-bond donors (Lipinski definition) is 0. The Hall–Kier alpha value is -4.45. The van der Waals surface area contributed by atoms with Crippen LogP contribution < -0.4 is 14.2 Å². The van der Waals surface area contributed by atoms with E-state index >= 15 is 0 Å². The maximum absolute atomic E-state index is 14.0. The summed E-state index contributed by atoms with van der Waals surface area (Å²) in [4.78, 5) is 8.98. The van der Waals surface area contributed by atoms with Crippen LogP contribution in [0.4, 0.5) is 4.39 Å². The highest BCUT2D eigenvalue weighted by Gasteiger charge is 2.15. The molecule has 0 saturated carbocycles. The summed E-state index contributed by atoms with van der Waals surface area (Å²) in [7, 11) is 3.20. The summed E-state index contributed by atoms with van der Waals surface area (Å²) in [5.74, 6) is 2.09. The van der Waals surface area contributed by atoms with Gasteiger partial charge in [0.05, 0.1) is 19.7 Å². The lowest BCUT2D eigenvalue weighted by atomic mass is 10.0. The molecule has 0 saturated heterocycles. The first-order valence-electron chi connectivity index (χ1n) is 11.1. The lowest BCUT2D eigenvalue weighted by Crippen LogP contribution is -1.95. The van der Waals surface area contributed by atoms with E-state index in [4.69, 9.17) is 14.2 Å². The molecule has 5 rings (SSSR count). The van der Waals surface area contributed by atoms with Gasteiger partial charge in [0.1, 0.15) is 11.6 Å². The van der Waals surface area contributed by atoms with Crippen molar-refractivity contribution in [2.75, 3.05) is 14.2 Å². The molecule has 35 heavy (non-hydrogen) atoms. The summed E-state index contributed by atoms with van der Waals surface area (Å²) in [6, 6.07) is 22.2. The number of aromatic nitrogens is 2. The van der Waals surface area contributed by atoms with Crippen molar-refractivity contribution in [2.24, 2.45) is 0 Å². The number of methoxy groups -OCH3 is 2. The van der Waals surface area contributed by atoms with Gasteiger partial charge in [0.15, 0.2) is 11.5 Å². The van der Waals surface area contributed by atoms with Crippen LogP contribution in [0.2, 0.25) is 0 Å². The molecule has 0 radical (unpaired) electrons. The maximum atomic E-state index is 14.0. The van der Waals surface area contributed by atoms with E-state index in [-0.39, 0.29) is 5.82 Å². The minimum atomic E-state index is -0.222. The SMILES string of the molecule is COc1cc2nccc(-c3cccnc3Oc3ccc(-c4ccc(C)c(F)c4)cc3)c2cc1OC. The fourth-order valence-electron chi connectivity index (χ4n) is 3.98. The smallest absolute Gasteiger partial charge is 0.227 e. The molecule has 6 heteroatoms. The molecule has 0 fully saturated rings. The van der Waals surface area contributed by atoms with E-state index < -0.39 is 0 Å². The highest BCUT2D eigenvalue weighted by Crippen LogP contribution is 2.39. The molecule has 0 spiro atoms. The molecule has 0 aliphatic heterocycles. The molecule has 0 bridgehead atoms. The first-order valence-corrected chi connectivity index (χ1v) is 11.1. The zero-order valence-corrected chi connectivity index (χ0v) is 19.6. The molecule has 0 unspecified atom stereocenters. The Bertz CT molecular complexity index is 1520. The van der Waals surface area contributed by atoms with Crippen molar-refractivity contribution < 1.29 is 18.6 Å². The van der Waals surface area contributed by atoms with Crippen molar-refractivity contribution in [3.63, 3.8) is 0 Å². The summed E-state index contributed by atoms with van der Waals surface area (Å²) in [6.45, 7) is 1.75. The largest absolute Gasteiger partial charge is 0.493 e. The van der Waals surface area contributed by atoms with Crippen molar-refractivity contribution in [1.82, 2.24) is 9.97 Å². The number of pyridine rings is 2. The van der Waals surface area contributed by atoms with Gasteiger partial charge in [0.2, 0.25) is 5.88 Å². The van der Waals surface area contributed by atoms with Crippen LogP contribution in [0.15, 0.2) is 85.2 Å². The first kappa shape index (κ1) is 22.3. The average Bonchev–Trinajstić information content (AvgIpc) is 2.90. The van der Waals surface area contributed by atoms with Crippen LogP contribution in [-0.4, -0.2) is 24.2 Å². The third kappa shape index (κ3) is 4.38. The second kappa shape index (κ2) is 9.43. The van der Waals surface area contributed by atoms with Gasteiger partial charge in [-0.05, 0) is 71.6 Å². The van der Waals surface area contributed by atoms with Crippen molar-refractivity contribution in [1.29, 1.82) is 0 Å². The molecule has 0 aliphatic rings. The Kier molecular flexibility index (Phi) is 6.02. The number of fused-ring (bicyclic) bond motifs is 1. The fraction of sp³-hybridized carbons (Fsp3) is 0.103. The Morgan fingerprint density at radius 1 is 0.714 bits per heavy atom. The number of hydrogen-bond acceptors (Lipinski definition) is 5. The zero-order valence-electron chi connectivity index (χ0n) is 19.6. The van der Waals surface area contributed by atoms with Crippen molar-refractivity contribution in [3.05, 3.63) is 96.6 Å². The first-order chi connectivity index (χ1) is 17.1. The van der Waals surface area contributed by atoms with Gasteiger partial charge in [-0.3, -0.25) is 4.98 Å². The van der Waals surface area contributed by atoms with Crippen LogP contribution in [0.3, 0.4) is 0 Å². The van der Waals surface area contributed by atoms with Crippen LogP contribution >= 0.6 is 0 Å². The summed E-state index contributed by atoms with van der Waals surface area (Å²) in [5, 5.41) is 0.889. The van der Waals surface area contributed by atoms with Gasteiger partial charge in [0.25, 0.3) is 0 Å². The minimum Gasteiger partial charge on any atom is -0.493 e. The Morgan fingerprint density at radius 3 is 2.20 bits per heavy atom. The van der Waals surface area contributed by atoms with Crippen molar-refractivity contribution >= 4 is 10.9 Å². The van der Waals surface area contributed by atoms with Gasteiger partial charge in [-0.15, -0.1) is 0 Å². The van der Waals surface area contributed by atoms with Crippen LogP contribution in [0.25, 0.3) is 33.2 Å². The van der Waals surface area contributed by atoms with Crippen LogP contribution in [0.1, 0.15) is 5.56 Å². The maximum Gasteiger partial charge on any atom is 0.227 e. The van der Waals surface area contributed by atoms with E-state index in [9.17, 15) is 4.39 Å². The van der Waals surface area contributed by atoms with Gasteiger partial charge < -0.3 is 14.2 Å². The molecule has 2 aromatic heterocycles. The van der Waals surface area contributed by atoms with E-state index in [1.807, 2.05) is 60.7 Å². The monoisotopic (exact) mass is 466 g/mol. The second-order valence-corrected chi connectivity index (χ2v) is 8.03. The molecule has 2 heterocycles. The molecule has 5 aromatic rings. The van der Waals surface area contributed by atoms with Gasteiger partial charge in [-0.2, -0.15) is 0 Å². The van der Waals surface area contributed by atoms with Gasteiger partial charge in [0, 0.05) is 29.4 Å². The van der Waals surface area contributed by atoms with Gasteiger partial charge in [-0.1, -0.05) is 24.3 Å². The predicted octanol–water partition coefficient (Wildman–Crippen LogP) is 7.22. The Labute approximate surface area is 202 Å². The van der Waals surface area contributed by atoms with E-state index in [2.05, 4.69) is 9.97 Å². The standard InChI is InChI=1S/C29H23FN2O3/c1-18-6-7-20(15-25(18)30)19-8-10-21(11-9-19)35-29-23(5-4-13-32-29)22-12-14-31-26-17-28(34-3)27(33-2)16-24(22)26/h4-17H,1-3H3. The van der Waals surface area contributed by atoms with E-state index in [0.717, 1.165) is 33.2 Å². The lowest BCUT2D eigenvalue weighted by molar-refractivity contribution is 0.356. The molecule has 174 valence electrons. The number of ether oxygens (including phenoxy) is 3. The predicted molar refractivity (Wildman–Crippen MR) is 135 cm³/mol. The Morgan fingerprint density at radius 2 is 1.46 bits per heavy atom. The third-order valence-electron chi connectivity index (χ3n) is 5.88. The molecule has 3 aromatic carbocycles. The number of benzene rings is 3. The van der Waals surface area contributed by atoms with E-state index in [1.165, 1.54) is 0 Å². The highest BCUT2D eigenvalue weighted by atomic mass is 19.1. The third-order valence-corrected chi connectivity index (χ3v) is 5.88. The zero-order chi connectivity index (χ0) is 24.4. The number of halogens is 1. The number of aryl methyl sites for hydroxylation is 1. The van der Waals surface area contributed by atoms with Crippen LogP contribution in [-0.2, 0) is 0 Å². The topological polar surface area (TPSA) is 53.5 Å². The summed E-state index contributed by atoms with van der Waals surface area (Å²) < 4.78 is 31.1. The summed E-state index contributed by atoms with van der Waals surface area (Å²) in [5.41, 5.74) is 4.83. The van der Waals surface area contributed by atoms with E-state index in [0.29, 0.717) is 28.7 Å². The molecule has 0 aliphatic carbocycles. The lowest BCUT2D eigenvalue weighted by Gasteiger charge is -2.14. The molecule has 0 atom stereocenters. The van der Waals surface area contributed by atoms with Crippen LogP contribution in [0.5, 0.6) is 23.1 Å². The molecule has 0 N–H and O–H groups in total. The highest BCUT2D eigenvalue weighted by molar-refractivity contribution is 5.97. The molecular formula is C29H23FN2O3. The number of rotatable bonds is 6. The number of nitrogens with zero attached hydrogens (tertiary/aromatic N) is 2. The average molecular weight is 467 g/mol. The van der Waals surface area contributed by atoms with Crippen molar-refractivity contribution in [3.8, 4) is 45.4 Å². The second-order valence-electron chi connectivity index (χ2n) is 8.03. The van der Waals surface area contributed by atoms with Crippen molar-refractivity contribution in [2.45, 2.75) is 6.92 Å². The van der Waals surface area contributed by atoms with E-state index in [1.54, 1.807) is 45.7 Å². The van der Waals surface area contributed by atoms with Crippen LogP contribution in [0, 0.1) is 12.7 Å². The van der Waals surface area contributed by atoms with Gasteiger partial charge >= 0.3 is 0 Å². The summed E-state index contributed by atoms with van der Waals surface area (Å²) in [6.07, 6.45) is 3.44. The molecule has 5 nitrogen and oxygen atoms in total. The molecule has 0 amide bonds. The fourth-order valence-corrected chi connectivity index (χ4v) is 3.98.